The van der Waals surface area contributed by atoms with Crippen LogP contribution in [-0.2, 0) is 9.53 Å². The van der Waals surface area contributed by atoms with Gasteiger partial charge in [0.2, 0.25) is 0 Å². The average molecular weight is 270 g/mol. The number of fused-ring (bicyclic) bond motifs is 1. The maximum Gasteiger partial charge on any atom is 0.317 e. The number of hydrogen-bond donors (Lipinski definition) is 2. The van der Waals surface area contributed by atoms with E-state index in [0.29, 0.717) is 39.3 Å². The van der Waals surface area contributed by atoms with Gasteiger partial charge in [0.05, 0.1) is 12.0 Å². The fourth-order valence-corrected chi connectivity index (χ4v) is 3.28. The number of ether oxygens (including phenoxy) is 1. The van der Waals surface area contributed by atoms with Crippen LogP contribution in [-0.4, -0.2) is 54.9 Å². The lowest BCUT2D eigenvalue weighted by Crippen LogP contribution is -2.42. The monoisotopic (exact) mass is 270 g/mol. The summed E-state index contributed by atoms with van der Waals surface area (Å²) in [5, 5.41) is 12.2. The molecule has 1 aliphatic carbocycles. The lowest BCUT2D eigenvalue weighted by molar-refractivity contribution is -0.149. The Bertz CT molecular complexity index is 361. The van der Waals surface area contributed by atoms with Crippen molar-refractivity contribution in [2.24, 2.45) is 11.3 Å². The lowest BCUT2D eigenvalue weighted by Gasteiger charge is -2.23. The molecule has 6 nitrogen and oxygen atoms in total. The standard InChI is InChI=1S/C13H22N2O4/c1-2-19-7-6-14-12(18)15-8-10-4-3-5-13(10,9-15)11(16)17/h10H,2-9H2,1H3,(H,14,18)(H,16,17)/t10-,13+/m0/s1. The van der Waals surface area contributed by atoms with Crippen molar-refractivity contribution in [1.29, 1.82) is 0 Å². The number of amides is 2. The number of urea groups is 1. The van der Waals surface area contributed by atoms with E-state index in [1.165, 1.54) is 0 Å². The SMILES string of the molecule is CCOCCNC(=O)N1C[C@@H]2CCC[C@@]2(C(=O)O)C1. The summed E-state index contributed by atoms with van der Waals surface area (Å²) in [6.45, 7) is 4.39. The van der Waals surface area contributed by atoms with Crippen molar-refractivity contribution in [2.75, 3.05) is 32.8 Å². The second-order valence-electron chi connectivity index (χ2n) is 5.36. The van der Waals surface area contributed by atoms with E-state index in [0.717, 1.165) is 12.8 Å². The fourth-order valence-electron chi connectivity index (χ4n) is 3.28. The van der Waals surface area contributed by atoms with Gasteiger partial charge in [-0.05, 0) is 25.7 Å². The topological polar surface area (TPSA) is 78.9 Å². The van der Waals surface area contributed by atoms with Crippen LogP contribution in [0, 0.1) is 11.3 Å². The summed E-state index contributed by atoms with van der Waals surface area (Å²) in [7, 11) is 0. The van der Waals surface area contributed by atoms with Gasteiger partial charge in [0.25, 0.3) is 0 Å². The highest BCUT2D eigenvalue weighted by Gasteiger charge is 2.55. The Hall–Kier alpha value is -1.30. The van der Waals surface area contributed by atoms with Crippen LogP contribution in [0.25, 0.3) is 0 Å². The van der Waals surface area contributed by atoms with E-state index in [1.54, 1.807) is 4.90 Å². The van der Waals surface area contributed by atoms with E-state index < -0.39 is 11.4 Å². The van der Waals surface area contributed by atoms with Crippen molar-refractivity contribution >= 4 is 12.0 Å². The number of carboxylic acids is 1. The van der Waals surface area contributed by atoms with E-state index in [1.807, 2.05) is 6.92 Å². The van der Waals surface area contributed by atoms with Gasteiger partial charge in [-0.25, -0.2) is 4.79 Å². The summed E-state index contributed by atoms with van der Waals surface area (Å²) in [5.74, 6) is -0.637. The molecule has 0 aromatic heterocycles. The van der Waals surface area contributed by atoms with Gasteiger partial charge in [-0.15, -0.1) is 0 Å². The molecule has 1 aliphatic heterocycles. The van der Waals surface area contributed by atoms with Gasteiger partial charge in [0, 0.05) is 26.2 Å². The molecule has 2 fully saturated rings. The maximum absolute atomic E-state index is 12.0. The smallest absolute Gasteiger partial charge is 0.317 e. The summed E-state index contributed by atoms with van der Waals surface area (Å²) >= 11 is 0. The van der Waals surface area contributed by atoms with Crippen molar-refractivity contribution in [1.82, 2.24) is 10.2 Å². The molecule has 1 saturated carbocycles. The molecule has 2 amide bonds. The van der Waals surface area contributed by atoms with Gasteiger partial charge < -0.3 is 20.1 Å². The molecule has 0 bridgehead atoms. The molecule has 0 spiro atoms. The summed E-state index contributed by atoms with van der Waals surface area (Å²) in [6.07, 6.45) is 2.56. The molecule has 1 heterocycles. The van der Waals surface area contributed by atoms with Gasteiger partial charge in [0.15, 0.2) is 0 Å². The molecule has 2 rings (SSSR count). The van der Waals surface area contributed by atoms with Crippen LogP contribution in [0.2, 0.25) is 0 Å². The largest absolute Gasteiger partial charge is 0.481 e. The first kappa shape index (κ1) is 14.1. The van der Waals surface area contributed by atoms with Gasteiger partial charge >= 0.3 is 12.0 Å². The van der Waals surface area contributed by atoms with E-state index in [2.05, 4.69) is 5.32 Å². The maximum atomic E-state index is 12.0. The van der Waals surface area contributed by atoms with Gasteiger partial charge in [-0.2, -0.15) is 0 Å². The fraction of sp³-hybridized carbons (Fsp3) is 0.846. The molecule has 108 valence electrons. The quantitative estimate of drug-likeness (QED) is 0.728. The Morgan fingerprint density at radius 2 is 2.32 bits per heavy atom. The summed E-state index contributed by atoms with van der Waals surface area (Å²) in [5.41, 5.74) is -0.697. The van der Waals surface area contributed by atoms with Crippen molar-refractivity contribution in [3.63, 3.8) is 0 Å². The third kappa shape index (κ3) is 2.68. The zero-order valence-corrected chi connectivity index (χ0v) is 11.4. The van der Waals surface area contributed by atoms with Crippen LogP contribution in [0.3, 0.4) is 0 Å². The Balaban J connectivity index is 1.87. The number of carbonyl (C=O) groups is 2. The van der Waals surface area contributed by atoms with Crippen LogP contribution in [0.4, 0.5) is 4.79 Å². The highest BCUT2D eigenvalue weighted by atomic mass is 16.5. The Kier molecular flexibility index (Phi) is 4.29. The number of carboxylic acid groups (broad SMARTS) is 1. The molecule has 0 aromatic rings. The van der Waals surface area contributed by atoms with E-state index in [-0.39, 0.29) is 11.9 Å². The van der Waals surface area contributed by atoms with E-state index in [4.69, 9.17) is 4.74 Å². The van der Waals surface area contributed by atoms with Crippen LogP contribution in [0.5, 0.6) is 0 Å². The zero-order chi connectivity index (χ0) is 13.9. The molecule has 2 atom stereocenters. The molecule has 0 aromatic carbocycles. The zero-order valence-electron chi connectivity index (χ0n) is 11.4. The molecule has 0 radical (unpaired) electrons. The second kappa shape index (κ2) is 5.77. The number of nitrogens with zero attached hydrogens (tertiary/aromatic N) is 1. The number of likely N-dealkylation sites (tertiary alicyclic amines) is 1. The number of hydrogen-bond acceptors (Lipinski definition) is 3. The van der Waals surface area contributed by atoms with Crippen LogP contribution < -0.4 is 5.32 Å². The third-order valence-corrected chi connectivity index (χ3v) is 4.31. The predicted octanol–water partition coefficient (Wildman–Crippen LogP) is 0.919. The van der Waals surface area contributed by atoms with Crippen molar-refractivity contribution in [3.05, 3.63) is 0 Å². The average Bonchev–Trinajstić information content (AvgIpc) is 2.91. The predicted molar refractivity (Wildman–Crippen MR) is 68.9 cm³/mol. The normalized spacial score (nSPS) is 29.3. The minimum atomic E-state index is -0.750. The van der Waals surface area contributed by atoms with Crippen molar-refractivity contribution in [3.8, 4) is 0 Å². The molecule has 6 heteroatoms. The highest BCUT2D eigenvalue weighted by molar-refractivity contribution is 5.80. The van der Waals surface area contributed by atoms with Crippen LogP contribution in [0.1, 0.15) is 26.2 Å². The minimum Gasteiger partial charge on any atom is -0.481 e. The molecule has 2 N–H and O–H groups in total. The first-order valence-corrected chi connectivity index (χ1v) is 6.94. The number of rotatable bonds is 5. The highest BCUT2D eigenvalue weighted by Crippen LogP contribution is 2.48. The van der Waals surface area contributed by atoms with Gasteiger partial charge in [-0.3, -0.25) is 4.79 Å². The first-order valence-electron chi connectivity index (χ1n) is 6.94. The molecule has 0 unspecified atom stereocenters. The molecular weight excluding hydrogens is 248 g/mol. The molecule has 19 heavy (non-hydrogen) atoms. The Morgan fingerprint density at radius 1 is 1.53 bits per heavy atom. The summed E-state index contributed by atoms with van der Waals surface area (Å²) < 4.78 is 5.15. The van der Waals surface area contributed by atoms with Crippen LogP contribution in [0.15, 0.2) is 0 Å². The number of carbonyl (C=O) groups excluding carboxylic acids is 1. The van der Waals surface area contributed by atoms with Crippen LogP contribution >= 0.6 is 0 Å². The minimum absolute atomic E-state index is 0.114. The lowest BCUT2D eigenvalue weighted by atomic mass is 9.81. The van der Waals surface area contributed by atoms with Gasteiger partial charge in [-0.1, -0.05) is 6.42 Å². The van der Waals surface area contributed by atoms with Crippen molar-refractivity contribution in [2.45, 2.75) is 26.2 Å². The molecule has 2 aliphatic rings. The second-order valence-corrected chi connectivity index (χ2v) is 5.36. The summed E-state index contributed by atoms with van der Waals surface area (Å²) in [6, 6.07) is -0.172. The van der Waals surface area contributed by atoms with Gasteiger partial charge in [0.1, 0.15) is 0 Å². The van der Waals surface area contributed by atoms with Crippen molar-refractivity contribution < 1.29 is 19.4 Å². The molecular formula is C13H22N2O4. The Morgan fingerprint density at radius 3 is 2.95 bits per heavy atom. The Labute approximate surface area is 113 Å². The van der Waals surface area contributed by atoms with E-state index >= 15 is 0 Å². The number of aliphatic carboxylic acids is 1. The first-order chi connectivity index (χ1) is 9.10. The third-order valence-electron chi connectivity index (χ3n) is 4.31. The summed E-state index contributed by atoms with van der Waals surface area (Å²) in [4.78, 5) is 25.1. The number of nitrogens with one attached hydrogen (secondary N) is 1. The molecule has 1 saturated heterocycles. The van der Waals surface area contributed by atoms with E-state index in [9.17, 15) is 14.7 Å².